The Labute approximate surface area is 93.5 Å². The van der Waals surface area contributed by atoms with Crippen LogP contribution in [-0.2, 0) is 13.0 Å². The molecule has 2 rings (SSSR count). The highest BCUT2D eigenvalue weighted by Gasteiger charge is 2.12. The van der Waals surface area contributed by atoms with Crippen molar-refractivity contribution in [1.82, 2.24) is 5.32 Å². The Morgan fingerprint density at radius 2 is 2.08 bits per heavy atom. The second-order valence-corrected chi connectivity index (χ2v) is 4.10. The minimum Gasteiger partial charge on any atom is -0.312 e. The van der Waals surface area contributed by atoms with Crippen molar-refractivity contribution in [3.05, 3.63) is 33.3 Å². The van der Waals surface area contributed by atoms with Crippen molar-refractivity contribution < 1.29 is 0 Å². The van der Waals surface area contributed by atoms with Crippen LogP contribution in [0.1, 0.15) is 16.7 Å². The van der Waals surface area contributed by atoms with E-state index in [4.69, 9.17) is 0 Å². The zero-order valence-corrected chi connectivity index (χ0v) is 9.96. The van der Waals surface area contributed by atoms with Crippen molar-refractivity contribution in [3.8, 4) is 0 Å². The van der Waals surface area contributed by atoms with Crippen LogP contribution in [0, 0.1) is 6.92 Å². The van der Waals surface area contributed by atoms with E-state index in [-0.39, 0.29) is 12.4 Å². The Morgan fingerprint density at radius 3 is 2.77 bits per heavy atom. The summed E-state index contributed by atoms with van der Waals surface area (Å²) in [6.45, 7) is 4.31. The lowest BCUT2D eigenvalue weighted by Gasteiger charge is -2.20. The third kappa shape index (κ3) is 2.06. The van der Waals surface area contributed by atoms with Crippen LogP contribution in [-0.4, -0.2) is 6.54 Å². The van der Waals surface area contributed by atoms with Gasteiger partial charge in [-0.2, -0.15) is 0 Å². The van der Waals surface area contributed by atoms with Crippen molar-refractivity contribution in [2.24, 2.45) is 0 Å². The molecule has 0 bridgehead atoms. The maximum Gasteiger partial charge on any atom is 0.0211 e. The molecule has 1 nitrogen and oxygen atoms in total. The van der Waals surface area contributed by atoms with E-state index in [1.807, 2.05) is 0 Å². The van der Waals surface area contributed by atoms with Crippen LogP contribution in [0.4, 0.5) is 0 Å². The minimum absolute atomic E-state index is 0. The van der Waals surface area contributed by atoms with Gasteiger partial charge in [-0.25, -0.2) is 0 Å². The first-order valence-corrected chi connectivity index (χ1v) is 5.06. The van der Waals surface area contributed by atoms with Crippen LogP contribution in [0.25, 0.3) is 0 Å². The van der Waals surface area contributed by atoms with Crippen molar-refractivity contribution in [1.29, 1.82) is 0 Å². The number of aryl methyl sites for hydroxylation is 1. The van der Waals surface area contributed by atoms with E-state index >= 15 is 0 Å². The third-order valence-corrected chi connectivity index (χ3v) is 3.20. The third-order valence-electron chi connectivity index (χ3n) is 2.46. The largest absolute Gasteiger partial charge is 0.312 e. The average molecular weight is 263 g/mol. The Hall–Kier alpha value is -0.0500. The normalized spacial score (nSPS) is 14.6. The van der Waals surface area contributed by atoms with Gasteiger partial charge >= 0.3 is 0 Å². The summed E-state index contributed by atoms with van der Waals surface area (Å²) in [4.78, 5) is 0. The van der Waals surface area contributed by atoms with Gasteiger partial charge in [0.05, 0.1) is 0 Å². The van der Waals surface area contributed by atoms with E-state index in [1.54, 1.807) is 0 Å². The second kappa shape index (κ2) is 4.45. The highest BCUT2D eigenvalue weighted by molar-refractivity contribution is 9.10. The number of fused-ring (bicyclic) bond motifs is 1. The lowest BCUT2D eigenvalue weighted by atomic mass is 9.97. The molecule has 3 heteroatoms. The van der Waals surface area contributed by atoms with Gasteiger partial charge < -0.3 is 5.32 Å². The Balaban J connectivity index is 0.000000845. The molecule has 0 radical (unpaired) electrons. The Morgan fingerprint density at radius 1 is 1.31 bits per heavy atom. The summed E-state index contributed by atoms with van der Waals surface area (Å²) in [5.41, 5.74) is 4.38. The summed E-state index contributed by atoms with van der Waals surface area (Å²) >= 11 is 3.59. The van der Waals surface area contributed by atoms with Crippen molar-refractivity contribution in [2.75, 3.05) is 6.54 Å². The first-order valence-electron chi connectivity index (χ1n) is 4.26. The summed E-state index contributed by atoms with van der Waals surface area (Å²) in [5.74, 6) is 0. The van der Waals surface area contributed by atoms with E-state index in [2.05, 4.69) is 40.3 Å². The molecule has 0 unspecified atom stereocenters. The van der Waals surface area contributed by atoms with Crippen LogP contribution < -0.4 is 5.32 Å². The first kappa shape index (κ1) is 11.0. The maximum atomic E-state index is 3.59. The molecule has 1 aliphatic heterocycles. The standard InChI is InChI=1S/C10H12BrN.ClH/c1-7-2-3-10(11)8-4-5-12-6-9(7)8;/h2-3,12H,4-6H2,1H3;1H. The zero-order valence-electron chi connectivity index (χ0n) is 7.56. The highest BCUT2D eigenvalue weighted by Crippen LogP contribution is 2.25. The van der Waals surface area contributed by atoms with Crippen LogP contribution >= 0.6 is 28.3 Å². The fourth-order valence-electron chi connectivity index (χ4n) is 1.72. The van der Waals surface area contributed by atoms with Gasteiger partial charge in [0, 0.05) is 11.0 Å². The molecule has 72 valence electrons. The smallest absolute Gasteiger partial charge is 0.0211 e. The Bertz CT molecular complexity index is 281. The van der Waals surface area contributed by atoms with E-state index in [1.165, 1.54) is 21.2 Å². The monoisotopic (exact) mass is 261 g/mol. The summed E-state index contributed by atoms with van der Waals surface area (Å²) in [6, 6.07) is 4.33. The lowest BCUT2D eigenvalue weighted by Crippen LogP contribution is -2.24. The number of hydrogen-bond donors (Lipinski definition) is 1. The van der Waals surface area contributed by atoms with E-state index < -0.39 is 0 Å². The maximum absolute atomic E-state index is 3.59. The zero-order chi connectivity index (χ0) is 8.55. The van der Waals surface area contributed by atoms with E-state index in [0.717, 1.165) is 19.5 Å². The lowest BCUT2D eigenvalue weighted by molar-refractivity contribution is 0.638. The van der Waals surface area contributed by atoms with Gasteiger partial charge in [-0.15, -0.1) is 12.4 Å². The van der Waals surface area contributed by atoms with Gasteiger partial charge in [0.1, 0.15) is 0 Å². The molecule has 1 N–H and O–H groups in total. The van der Waals surface area contributed by atoms with E-state index in [9.17, 15) is 0 Å². The molecule has 0 aromatic heterocycles. The first-order chi connectivity index (χ1) is 5.79. The molecular weight excluding hydrogens is 249 g/mol. The van der Waals surface area contributed by atoms with Gasteiger partial charge in [-0.05, 0) is 42.6 Å². The fourth-order valence-corrected chi connectivity index (χ4v) is 2.29. The van der Waals surface area contributed by atoms with Crippen LogP contribution in [0.15, 0.2) is 16.6 Å². The molecule has 1 aromatic carbocycles. The number of halogens is 2. The van der Waals surface area contributed by atoms with E-state index in [0.29, 0.717) is 0 Å². The molecule has 1 heterocycles. The van der Waals surface area contributed by atoms with Crippen LogP contribution in [0.5, 0.6) is 0 Å². The predicted molar refractivity (Wildman–Crippen MR) is 61.5 cm³/mol. The molecular formula is C10H13BrClN. The molecule has 0 saturated carbocycles. The molecule has 1 aromatic rings. The molecule has 0 amide bonds. The number of hydrogen-bond acceptors (Lipinski definition) is 1. The van der Waals surface area contributed by atoms with Gasteiger partial charge in [-0.1, -0.05) is 22.0 Å². The highest BCUT2D eigenvalue weighted by atomic mass is 79.9. The van der Waals surface area contributed by atoms with Gasteiger partial charge in [0.2, 0.25) is 0 Å². The van der Waals surface area contributed by atoms with Gasteiger partial charge in [-0.3, -0.25) is 0 Å². The predicted octanol–water partition coefficient (Wildman–Crippen LogP) is 2.83. The fraction of sp³-hybridized carbons (Fsp3) is 0.400. The molecule has 13 heavy (non-hydrogen) atoms. The quantitative estimate of drug-likeness (QED) is 0.758. The molecule has 0 fully saturated rings. The van der Waals surface area contributed by atoms with Gasteiger partial charge in [0.25, 0.3) is 0 Å². The molecule has 0 aliphatic carbocycles. The summed E-state index contributed by atoms with van der Waals surface area (Å²) < 4.78 is 1.27. The van der Waals surface area contributed by atoms with Crippen molar-refractivity contribution in [2.45, 2.75) is 19.9 Å². The number of nitrogens with one attached hydrogen (secondary N) is 1. The Kier molecular flexibility index (Phi) is 3.77. The molecule has 0 saturated heterocycles. The number of benzene rings is 1. The molecule has 1 aliphatic rings. The summed E-state index contributed by atoms with van der Waals surface area (Å²) in [7, 11) is 0. The van der Waals surface area contributed by atoms with Crippen molar-refractivity contribution >= 4 is 28.3 Å². The topological polar surface area (TPSA) is 12.0 Å². The number of rotatable bonds is 0. The van der Waals surface area contributed by atoms with Crippen molar-refractivity contribution in [3.63, 3.8) is 0 Å². The summed E-state index contributed by atoms with van der Waals surface area (Å²) in [5, 5.41) is 3.39. The molecule has 0 atom stereocenters. The van der Waals surface area contributed by atoms with Crippen LogP contribution in [0.2, 0.25) is 0 Å². The minimum atomic E-state index is 0. The average Bonchev–Trinajstić information content (AvgIpc) is 2.12. The molecule has 0 spiro atoms. The summed E-state index contributed by atoms with van der Waals surface area (Å²) in [6.07, 6.45) is 1.15. The van der Waals surface area contributed by atoms with Gasteiger partial charge in [0.15, 0.2) is 0 Å². The SMILES string of the molecule is Cc1ccc(Br)c2c1CNCC2.Cl. The van der Waals surface area contributed by atoms with Crippen LogP contribution in [0.3, 0.4) is 0 Å². The second-order valence-electron chi connectivity index (χ2n) is 3.25.